The lowest BCUT2D eigenvalue weighted by Crippen LogP contribution is -2.26. The van der Waals surface area contributed by atoms with E-state index < -0.39 is 52.7 Å². The number of carboxylic acids is 1. The van der Waals surface area contributed by atoms with Crippen LogP contribution >= 0.6 is 0 Å². The van der Waals surface area contributed by atoms with Crippen LogP contribution in [0, 0.1) is 18.6 Å². The van der Waals surface area contributed by atoms with Crippen LogP contribution in [0.25, 0.3) is 0 Å². The third-order valence-electron chi connectivity index (χ3n) is 6.18. The summed E-state index contributed by atoms with van der Waals surface area (Å²) in [6, 6.07) is 8.59. The topological polar surface area (TPSA) is 84.9 Å². The van der Waals surface area contributed by atoms with Gasteiger partial charge in [0.2, 0.25) is 0 Å². The molecule has 1 saturated carbocycles. The molecule has 1 atom stereocenters. The van der Waals surface area contributed by atoms with Gasteiger partial charge in [-0.3, -0.25) is 4.79 Å². The van der Waals surface area contributed by atoms with Gasteiger partial charge in [0.1, 0.15) is 17.3 Å². The maximum atomic E-state index is 14.3. The van der Waals surface area contributed by atoms with Crippen molar-refractivity contribution >= 4 is 17.6 Å². The number of amides is 1. The molecule has 0 radical (unpaired) electrons. The fraction of sp³-hybridized carbons (Fsp3) is 0.286. The summed E-state index contributed by atoms with van der Waals surface area (Å²) in [6.07, 6.45) is -4.97. The van der Waals surface area contributed by atoms with Crippen molar-refractivity contribution in [3.8, 4) is 17.2 Å². The number of benzene rings is 3. The molecule has 1 amide bonds. The van der Waals surface area contributed by atoms with Crippen molar-refractivity contribution in [1.29, 1.82) is 0 Å². The molecule has 0 aliphatic heterocycles. The molecule has 39 heavy (non-hydrogen) atoms. The van der Waals surface area contributed by atoms with Gasteiger partial charge in [-0.1, -0.05) is 6.92 Å². The van der Waals surface area contributed by atoms with Gasteiger partial charge in [0.05, 0.1) is 11.1 Å². The minimum absolute atomic E-state index is 0.00874. The summed E-state index contributed by atoms with van der Waals surface area (Å²) in [5.41, 5.74) is -1.14. The molecule has 0 bridgehead atoms. The van der Waals surface area contributed by atoms with E-state index in [9.17, 15) is 36.6 Å². The molecule has 6 nitrogen and oxygen atoms in total. The Morgan fingerprint density at radius 2 is 1.74 bits per heavy atom. The van der Waals surface area contributed by atoms with Gasteiger partial charge in [0, 0.05) is 11.8 Å². The predicted molar refractivity (Wildman–Crippen MR) is 131 cm³/mol. The Labute approximate surface area is 220 Å². The molecule has 0 spiro atoms. The van der Waals surface area contributed by atoms with E-state index in [0.717, 1.165) is 24.3 Å². The lowest BCUT2D eigenvalue weighted by Gasteiger charge is -2.19. The number of carbonyl (C=O) groups excluding carboxylic acids is 1. The van der Waals surface area contributed by atoms with Crippen LogP contribution in [0.2, 0.25) is 0 Å². The normalized spacial score (nSPS) is 14.0. The first-order valence-corrected chi connectivity index (χ1v) is 12.1. The van der Waals surface area contributed by atoms with Gasteiger partial charge < -0.3 is 19.9 Å². The van der Waals surface area contributed by atoms with Crippen LogP contribution in [0.3, 0.4) is 0 Å². The SMILES string of the molecule is CCC(Oc1cc(NC(=O)c2cc(C(F)(F)F)c(C3CC3)cc2Oc2ccc(F)cc2C)ccc1F)C(=O)O. The molecular formula is C28H24F5NO5. The van der Waals surface area contributed by atoms with Gasteiger partial charge >= 0.3 is 12.1 Å². The Kier molecular flexibility index (Phi) is 7.80. The average molecular weight is 549 g/mol. The van der Waals surface area contributed by atoms with Gasteiger partial charge in [-0.2, -0.15) is 13.2 Å². The van der Waals surface area contributed by atoms with Crippen LogP contribution in [0.1, 0.15) is 59.2 Å². The number of aryl methyl sites for hydroxylation is 1. The zero-order valence-electron chi connectivity index (χ0n) is 20.9. The summed E-state index contributed by atoms with van der Waals surface area (Å²) in [7, 11) is 0. The minimum Gasteiger partial charge on any atom is -0.479 e. The summed E-state index contributed by atoms with van der Waals surface area (Å²) in [4.78, 5) is 24.5. The molecule has 2 N–H and O–H groups in total. The second-order valence-electron chi connectivity index (χ2n) is 9.17. The summed E-state index contributed by atoms with van der Waals surface area (Å²) >= 11 is 0. The number of aliphatic carboxylic acids is 1. The van der Waals surface area contributed by atoms with Gasteiger partial charge in [-0.25, -0.2) is 13.6 Å². The third kappa shape index (κ3) is 6.47. The Morgan fingerprint density at radius 1 is 1.03 bits per heavy atom. The highest BCUT2D eigenvalue weighted by Gasteiger charge is 2.40. The highest BCUT2D eigenvalue weighted by Crippen LogP contribution is 2.48. The van der Waals surface area contributed by atoms with Crippen molar-refractivity contribution in [2.24, 2.45) is 0 Å². The number of rotatable bonds is 9. The van der Waals surface area contributed by atoms with Crippen LogP contribution in [0.5, 0.6) is 17.2 Å². The molecule has 0 heterocycles. The molecule has 206 valence electrons. The first-order chi connectivity index (χ1) is 18.4. The smallest absolute Gasteiger partial charge is 0.416 e. The minimum atomic E-state index is -4.75. The van der Waals surface area contributed by atoms with Crippen molar-refractivity contribution < 1.29 is 46.1 Å². The van der Waals surface area contributed by atoms with E-state index in [2.05, 4.69) is 5.32 Å². The number of hydrogen-bond donors (Lipinski definition) is 2. The van der Waals surface area contributed by atoms with Crippen molar-refractivity contribution in [2.45, 2.75) is 51.3 Å². The molecule has 3 aromatic carbocycles. The summed E-state index contributed by atoms with van der Waals surface area (Å²) in [5.74, 6) is -4.58. The van der Waals surface area contributed by atoms with Crippen molar-refractivity contribution in [3.63, 3.8) is 0 Å². The number of carboxylic acid groups (broad SMARTS) is 1. The average Bonchev–Trinajstić information content (AvgIpc) is 3.70. The van der Waals surface area contributed by atoms with Crippen LogP contribution in [-0.4, -0.2) is 23.1 Å². The standard InChI is InChI=1S/C28H24F5NO5/c1-3-22(27(36)37)38-25-11-17(7-8-21(25)30)34-26(35)19-12-20(28(31,32)33)18(15-4-5-15)13-24(19)39-23-9-6-16(29)10-14(23)2/h6-13,15,22H,3-5H2,1-2H3,(H,34,35)(H,36,37). The Bertz CT molecular complexity index is 1420. The lowest BCUT2D eigenvalue weighted by atomic mass is 9.98. The first-order valence-electron chi connectivity index (χ1n) is 12.1. The zero-order chi connectivity index (χ0) is 28.5. The number of hydrogen-bond acceptors (Lipinski definition) is 4. The fourth-order valence-electron chi connectivity index (χ4n) is 4.01. The number of alkyl halides is 3. The molecule has 1 aliphatic carbocycles. The molecule has 1 aliphatic rings. The highest BCUT2D eigenvalue weighted by molar-refractivity contribution is 6.06. The van der Waals surface area contributed by atoms with E-state index in [1.807, 2.05) is 0 Å². The monoisotopic (exact) mass is 549 g/mol. The highest BCUT2D eigenvalue weighted by atomic mass is 19.4. The zero-order valence-corrected chi connectivity index (χ0v) is 20.9. The number of anilines is 1. The molecule has 0 aromatic heterocycles. The molecule has 4 rings (SSSR count). The maximum Gasteiger partial charge on any atom is 0.416 e. The second-order valence-corrected chi connectivity index (χ2v) is 9.17. The molecule has 3 aromatic rings. The van der Waals surface area contributed by atoms with Crippen molar-refractivity contribution in [2.75, 3.05) is 5.32 Å². The maximum absolute atomic E-state index is 14.3. The quantitative estimate of drug-likeness (QED) is 0.271. The number of halogens is 5. The van der Waals surface area contributed by atoms with Gasteiger partial charge in [0.25, 0.3) is 5.91 Å². The Hall–Kier alpha value is -4.15. The number of nitrogens with one attached hydrogen (secondary N) is 1. The molecular weight excluding hydrogens is 525 g/mol. The first kappa shape index (κ1) is 27.9. The fourth-order valence-corrected chi connectivity index (χ4v) is 4.01. The largest absolute Gasteiger partial charge is 0.479 e. The van der Waals surface area contributed by atoms with Crippen LogP contribution in [0.4, 0.5) is 27.6 Å². The predicted octanol–water partition coefficient (Wildman–Crippen LogP) is 7.46. The van der Waals surface area contributed by atoms with Crippen LogP contribution < -0.4 is 14.8 Å². The van der Waals surface area contributed by atoms with Crippen LogP contribution in [-0.2, 0) is 11.0 Å². The van der Waals surface area contributed by atoms with E-state index in [1.165, 1.54) is 25.1 Å². The summed E-state index contributed by atoms with van der Waals surface area (Å²) in [6.45, 7) is 3.07. The molecule has 1 fully saturated rings. The van der Waals surface area contributed by atoms with E-state index in [0.29, 0.717) is 24.5 Å². The van der Waals surface area contributed by atoms with Crippen molar-refractivity contribution in [3.05, 3.63) is 82.4 Å². The molecule has 0 saturated heterocycles. The number of carbonyl (C=O) groups is 2. The van der Waals surface area contributed by atoms with Gasteiger partial charge in [-0.15, -0.1) is 0 Å². The third-order valence-corrected chi connectivity index (χ3v) is 6.18. The van der Waals surface area contributed by atoms with E-state index in [-0.39, 0.29) is 35.1 Å². The van der Waals surface area contributed by atoms with Gasteiger partial charge in [-0.05, 0) is 85.7 Å². The molecule has 1 unspecified atom stereocenters. The van der Waals surface area contributed by atoms with E-state index >= 15 is 0 Å². The van der Waals surface area contributed by atoms with Gasteiger partial charge in [0.15, 0.2) is 17.7 Å². The number of ether oxygens (including phenoxy) is 2. The summed E-state index contributed by atoms with van der Waals surface area (Å²) < 4.78 is 80.8. The Balaban J connectivity index is 1.73. The van der Waals surface area contributed by atoms with E-state index in [1.54, 1.807) is 6.92 Å². The van der Waals surface area contributed by atoms with Crippen LogP contribution in [0.15, 0.2) is 48.5 Å². The second kappa shape index (κ2) is 10.9. The molecule has 11 heteroatoms. The van der Waals surface area contributed by atoms with E-state index in [4.69, 9.17) is 9.47 Å². The van der Waals surface area contributed by atoms with Crippen molar-refractivity contribution in [1.82, 2.24) is 0 Å². The lowest BCUT2D eigenvalue weighted by molar-refractivity contribution is -0.145. The summed E-state index contributed by atoms with van der Waals surface area (Å²) in [5, 5.41) is 11.6. The Morgan fingerprint density at radius 3 is 2.33 bits per heavy atom.